The molecule has 1 aliphatic heterocycles. The molecular weight excluding hydrogens is 290 g/mol. The van der Waals surface area contributed by atoms with Crippen LogP contribution >= 0.6 is 11.6 Å². The summed E-state index contributed by atoms with van der Waals surface area (Å²) in [5.41, 5.74) is 0.779. The van der Waals surface area contributed by atoms with Crippen LogP contribution in [0.15, 0.2) is 29.0 Å². The third-order valence-electron chi connectivity index (χ3n) is 3.87. The molecule has 0 spiro atoms. The average Bonchev–Trinajstić information content (AvgIpc) is 3.02. The van der Waals surface area contributed by atoms with Crippen molar-refractivity contribution in [3.63, 3.8) is 0 Å². The molecule has 1 atom stereocenters. The summed E-state index contributed by atoms with van der Waals surface area (Å²) in [6.45, 7) is 0.705. The average molecular weight is 308 g/mol. The molecule has 2 aromatic rings. The SMILES string of the molecule is Cn1cc(Cl)c(C2CCCCCN2C(=O)c2ccco2)n1. The first-order chi connectivity index (χ1) is 10.2. The van der Waals surface area contributed by atoms with Crippen LogP contribution in [0.4, 0.5) is 0 Å². The van der Waals surface area contributed by atoms with E-state index in [0.717, 1.165) is 31.4 Å². The molecule has 112 valence electrons. The maximum Gasteiger partial charge on any atom is 0.290 e. The number of hydrogen-bond acceptors (Lipinski definition) is 3. The van der Waals surface area contributed by atoms with Crippen molar-refractivity contribution in [3.8, 4) is 0 Å². The number of carbonyl (C=O) groups excluding carboxylic acids is 1. The van der Waals surface area contributed by atoms with Gasteiger partial charge in [-0.1, -0.05) is 24.4 Å². The van der Waals surface area contributed by atoms with Gasteiger partial charge in [0.1, 0.15) is 5.69 Å². The second-order valence-electron chi connectivity index (χ2n) is 5.38. The molecule has 0 radical (unpaired) electrons. The van der Waals surface area contributed by atoms with Crippen molar-refractivity contribution in [2.24, 2.45) is 7.05 Å². The van der Waals surface area contributed by atoms with E-state index in [1.54, 1.807) is 23.0 Å². The fraction of sp³-hybridized carbons (Fsp3) is 0.467. The van der Waals surface area contributed by atoms with Gasteiger partial charge in [0.05, 0.1) is 17.3 Å². The lowest BCUT2D eigenvalue weighted by molar-refractivity contribution is 0.0644. The van der Waals surface area contributed by atoms with Crippen LogP contribution in [0, 0.1) is 0 Å². The number of likely N-dealkylation sites (tertiary alicyclic amines) is 1. The van der Waals surface area contributed by atoms with Crippen molar-refractivity contribution in [1.29, 1.82) is 0 Å². The molecule has 5 nitrogen and oxygen atoms in total. The summed E-state index contributed by atoms with van der Waals surface area (Å²) >= 11 is 6.28. The number of aromatic nitrogens is 2. The second-order valence-corrected chi connectivity index (χ2v) is 5.78. The van der Waals surface area contributed by atoms with Crippen molar-refractivity contribution < 1.29 is 9.21 Å². The first-order valence-corrected chi connectivity index (χ1v) is 7.58. The zero-order valence-electron chi connectivity index (χ0n) is 12.0. The maximum absolute atomic E-state index is 12.7. The van der Waals surface area contributed by atoms with Gasteiger partial charge in [-0.05, 0) is 25.0 Å². The lowest BCUT2D eigenvalue weighted by atomic mass is 10.1. The summed E-state index contributed by atoms with van der Waals surface area (Å²) in [4.78, 5) is 14.5. The van der Waals surface area contributed by atoms with Gasteiger partial charge in [-0.25, -0.2) is 0 Å². The van der Waals surface area contributed by atoms with Crippen LogP contribution < -0.4 is 0 Å². The standard InChI is InChI=1S/C15H18ClN3O2/c1-18-10-11(16)14(17-18)12-6-3-2-4-8-19(12)15(20)13-7-5-9-21-13/h5,7,9-10,12H,2-4,6,8H2,1H3. The minimum Gasteiger partial charge on any atom is -0.459 e. The molecule has 1 aliphatic rings. The van der Waals surface area contributed by atoms with Gasteiger partial charge in [0, 0.05) is 19.8 Å². The van der Waals surface area contributed by atoms with Gasteiger partial charge < -0.3 is 9.32 Å². The number of nitrogens with zero attached hydrogens (tertiary/aromatic N) is 3. The van der Waals surface area contributed by atoms with E-state index in [1.807, 2.05) is 11.9 Å². The molecule has 1 saturated heterocycles. The summed E-state index contributed by atoms with van der Waals surface area (Å²) in [5.74, 6) is 0.280. The van der Waals surface area contributed by atoms with Gasteiger partial charge in [-0.3, -0.25) is 9.48 Å². The van der Waals surface area contributed by atoms with E-state index in [2.05, 4.69) is 5.10 Å². The third-order valence-corrected chi connectivity index (χ3v) is 4.16. The summed E-state index contributed by atoms with van der Waals surface area (Å²) in [6.07, 6.45) is 7.35. The highest BCUT2D eigenvalue weighted by Gasteiger charge is 2.31. The van der Waals surface area contributed by atoms with E-state index in [0.29, 0.717) is 17.3 Å². The fourth-order valence-corrected chi connectivity index (χ4v) is 3.19. The van der Waals surface area contributed by atoms with E-state index < -0.39 is 0 Å². The summed E-state index contributed by atoms with van der Waals surface area (Å²) in [7, 11) is 1.84. The Balaban J connectivity index is 1.94. The minimum atomic E-state index is -0.0892. The fourth-order valence-electron chi connectivity index (χ4n) is 2.88. The van der Waals surface area contributed by atoms with Gasteiger partial charge in [-0.2, -0.15) is 5.10 Å². The quantitative estimate of drug-likeness (QED) is 0.854. The van der Waals surface area contributed by atoms with Crippen molar-refractivity contribution in [2.45, 2.75) is 31.7 Å². The molecular formula is C15H18ClN3O2. The van der Waals surface area contributed by atoms with E-state index in [-0.39, 0.29) is 11.9 Å². The topological polar surface area (TPSA) is 51.3 Å². The largest absolute Gasteiger partial charge is 0.459 e. The molecule has 1 fully saturated rings. The van der Waals surface area contributed by atoms with Gasteiger partial charge in [-0.15, -0.1) is 0 Å². The molecule has 0 bridgehead atoms. The Kier molecular flexibility index (Phi) is 4.01. The van der Waals surface area contributed by atoms with Crippen molar-refractivity contribution in [2.75, 3.05) is 6.54 Å². The highest BCUT2D eigenvalue weighted by atomic mass is 35.5. The summed E-state index contributed by atoms with van der Waals surface area (Å²) in [5, 5.41) is 5.06. The highest BCUT2D eigenvalue weighted by molar-refractivity contribution is 6.31. The number of rotatable bonds is 2. The van der Waals surface area contributed by atoms with Crippen molar-refractivity contribution >= 4 is 17.5 Å². The highest BCUT2D eigenvalue weighted by Crippen LogP contribution is 2.34. The number of furan rings is 1. The molecule has 0 N–H and O–H groups in total. The first-order valence-electron chi connectivity index (χ1n) is 7.20. The van der Waals surface area contributed by atoms with Crippen LogP contribution in [0.2, 0.25) is 5.02 Å². The molecule has 1 amide bonds. The zero-order valence-corrected chi connectivity index (χ0v) is 12.7. The van der Waals surface area contributed by atoms with Crippen LogP contribution in [0.5, 0.6) is 0 Å². The normalized spacial score (nSPS) is 19.5. The van der Waals surface area contributed by atoms with Crippen molar-refractivity contribution in [3.05, 3.63) is 41.1 Å². The van der Waals surface area contributed by atoms with Crippen LogP contribution in [-0.2, 0) is 7.05 Å². The molecule has 3 heterocycles. The predicted molar refractivity (Wildman–Crippen MR) is 79.2 cm³/mol. The van der Waals surface area contributed by atoms with Crippen LogP contribution in [0.25, 0.3) is 0 Å². The Morgan fingerprint density at radius 3 is 2.95 bits per heavy atom. The number of carbonyl (C=O) groups is 1. The summed E-state index contributed by atoms with van der Waals surface area (Å²) in [6, 6.07) is 3.34. The van der Waals surface area contributed by atoms with Gasteiger partial charge >= 0.3 is 0 Å². The molecule has 21 heavy (non-hydrogen) atoms. The first kappa shape index (κ1) is 14.2. The Morgan fingerprint density at radius 1 is 1.43 bits per heavy atom. The monoisotopic (exact) mass is 307 g/mol. The zero-order chi connectivity index (χ0) is 14.8. The van der Waals surface area contributed by atoms with Crippen LogP contribution in [0.3, 0.4) is 0 Å². The van der Waals surface area contributed by atoms with Crippen LogP contribution in [-0.4, -0.2) is 27.1 Å². The third kappa shape index (κ3) is 2.83. The smallest absolute Gasteiger partial charge is 0.290 e. The van der Waals surface area contributed by atoms with Crippen LogP contribution in [0.1, 0.15) is 48.0 Å². The number of aryl methyl sites for hydroxylation is 1. The van der Waals surface area contributed by atoms with Crippen molar-refractivity contribution in [1.82, 2.24) is 14.7 Å². The lowest BCUT2D eigenvalue weighted by Crippen LogP contribution is -2.35. The Morgan fingerprint density at radius 2 is 2.29 bits per heavy atom. The molecule has 6 heteroatoms. The molecule has 0 saturated carbocycles. The van der Waals surface area contributed by atoms with E-state index in [4.69, 9.17) is 16.0 Å². The molecule has 0 aliphatic carbocycles. The number of halogens is 1. The Bertz CT molecular complexity index is 621. The molecule has 2 aromatic heterocycles. The lowest BCUT2D eigenvalue weighted by Gasteiger charge is -2.28. The summed E-state index contributed by atoms with van der Waals surface area (Å²) < 4.78 is 6.95. The molecule has 1 unspecified atom stereocenters. The molecule has 0 aromatic carbocycles. The van der Waals surface area contributed by atoms with E-state index in [9.17, 15) is 4.79 Å². The Labute approximate surface area is 128 Å². The maximum atomic E-state index is 12.7. The van der Waals surface area contributed by atoms with Gasteiger partial charge in [0.15, 0.2) is 5.76 Å². The number of amides is 1. The predicted octanol–water partition coefficient (Wildman–Crippen LogP) is 3.42. The van der Waals surface area contributed by atoms with Gasteiger partial charge in [0.25, 0.3) is 5.91 Å². The second kappa shape index (κ2) is 5.93. The van der Waals surface area contributed by atoms with E-state index in [1.165, 1.54) is 6.26 Å². The van der Waals surface area contributed by atoms with E-state index >= 15 is 0 Å². The minimum absolute atomic E-state index is 0.0844. The molecule has 3 rings (SSSR count). The number of hydrogen-bond donors (Lipinski definition) is 0. The Hall–Kier alpha value is -1.75. The van der Waals surface area contributed by atoms with Gasteiger partial charge in [0.2, 0.25) is 0 Å².